The number of hydrogen-bond acceptors (Lipinski definition) is 7. The van der Waals surface area contributed by atoms with Crippen LogP contribution < -0.4 is 14.5 Å². The van der Waals surface area contributed by atoms with Gasteiger partial charge >= 0.3 is 0 Å². The Morgan fingerprint density at radius 2 is 1.83 bits per heavy atom. The number of sulfonamides is 1. The van der Waals surface area contributed by atoms with E-state index in [2.05, 4.69) is 10.5 Å². The summed E-state index contributed by atoms with van der Waals surface area (Å²) in [6, 6.07) is 12.2. The third-order valence-corrected chi connectivity index (χ3v) is 6.44. The van der Waals surface area contributed by atoms with E-state index >= 15 is 0 Å². The number of benzene rings is 2. The molecule has 2 amide bonds. The molecule has 0 aliphatic carbocycles. The number of nitrogens with zero attached hydrogens (tertiary/aromatic N) is 3. The number of carbonyl (C=O) groups excluding carboxylic acids is 2. The summed E-state index contributed by atoms with van der Waals surface area (Å²) in [6.07, 6.45) is 2.49. The van der Waals surface area contributed by atoms with Gasteiger partial charge < -0.3 is 14.4 Å². The summed E-state index contributed by atoms with van der Waals surface area (Å²) in [7, 11) is -3.68. The first kappa shape index (κ1) is 26.2. The van der Waals surface area contributed by atoms with Gasteiger partial charge in [0, 0.05) is 13.1 Å². The molecule has 0 spiro atoms. The molecule has 0 bridgehead atoms. The van der Waals surface area contributed by atoms with E-state index < -0.39 is 22.5 Å². The maximum absolute atomic E-state index is 12.4. The smallest absolute Gasteiger partial charge is 0.260 e. The predicted octanol–water partition coefficient (Wildman–Crippen LogP) is 1.46. The molecule has 0 radical (unpaired) electrons. The summed E-state index contributed by atoms with van der Waals surface area (Å²) in [6.45, 7) is 5.45. The van der Waals surface area contributed by atoms with Gasteiger partial charge in [-0.15, -0.1) is 0 Å². The Hall–Kier alpha value is -3.44. The number of rotatable bonds is 9. The molecule has 2 aromatic carbocycles. The summed E-state index contributed by atoms with van der Waals surface area (Å²) in [5, 5.41) is 3.91. The number of aryl methyl sites for hydroxylation is 2. The monoisotopic (exact) mass is 502 g/mol. The van der Waals surface area contributed by atoms with E-state index in [0.29, 0.717) is 43.3 Å². The van der Waals surface area contributed by atoms with Crippen molar-refractivity contribution in [3.63, 3.8) is 0 Å². The van der Waals surface area contributed by atoms with Crippen molar-refractivity contribution in [1.82, 2.24) is 10.3 Å². The second kappa shape index (κ2) is 11.8. The van der Waals surface area contributed by atoms with Crippen molar-refractivity contribution >= 4 is 33.7 Å². The van der Waals surface area contributed by atoms with E-state index in [0.717, 1.165) is 21.7 Å². The van der Waals surface area contributed by atoms with E-state index in [-0.39, 0.29) is 12.5 Å². The lowest BCUT2D eigenvalue weighted by molar-refractivity contribution is -0.137. The fourth-order valence-corrected chi connectivity index (χ4v) is 4.42. The van der Waals surface area contributed by atoms with Gasteiger partial charge in [-0.05, 0) is 55.3 Å². The molecule has 3 rings (SSSR count). The molecule has 0 saturated carbocycles. The molecule has 0 unspecified atom stereocenters. The van der Waals surface area contributed by atoms with Crippen LogP contribution in [0.5, 0.6) is 5.75 Å². The Labute approximate surface area is 205 Å². The SMILES string of the molecule is Cc1ccc(N(CC(=O)N/N=C\c2ccc(OCC(=O)N3CCOCC3)cc2)S(C)(=O)=O)c(C)c1. The Kier molecular flexibility index (Phi) is 8.83. The number of hydrazone groups is 1. The number of hydrogen-bond donors (Lipinski definition) is 1. The zero-order valence-electron chi connectivity index (χ0n) is 20.1. The quantitative estimate of drug-likeness (QED) is 0.410. The van der Waals surface area contributed by atoms with Crippen LogP contribution in [-0.4, -0.2) is 77.1 Å². The molecule has 1 heterocycles. The third-order valence-electron chi connectivity index (χ3n) is 5.32. The highest BCUT2D eigenvalue weighted by molar-refractivity contribution is 7.92. The Morgan fingerprint density at radius 1 is 1.14 bits per heavy atom. The highest BCUT2D eigenvalue weighted by atomic mass is 32.2. The van der Waals surface area contributed by atoms with Crippen molar-refractivity contribution in [3.8, 4) is 5.75 Å². The van der Waals surface area contributed by atoms with Crippen LogP contribution in [-0.2, 0) is 24.3 Å². The van der Waals surface area contributed by atoms with Gasteiger partial charge in [0.25, 0.3) is 11.8 Å². The topological polar surface area (TPSA) is 118 Å². The minimum absolute atomic E-state index is 0.0548. The molecule has 0 atom stereocenters. The van der Waals surface area contributed by atoms with Gasteiger partial charge in [0.2, 0.25) is 10.0 Å². The Bertz CT molecular complexity index is 1180. The van der Waals surface area contributed by atoms with Gasteiger partial charge in [-0.3, -0.25) is 13.9 Å². The van der Waals surface area contributed by atoms with E-state index in [1.807, 2.05) is 13.0 Å². The van der Waals surface area contributed by atoms with E-state index in [1.165, 1.54) is 6.21 Å². The zero-order chi connectivity index (χ0) is 25.4. The molecule has 1 fully saturated rings. The fourth-order valence-electron chi connectivity index (χ4n) is 3.51. The van der Waals surface area contributed by atoms with Crippen LogP contribution in [0, 0.1) is 13.8 Å². The van der Waals surface area contributed by atoms with Gasteiger partial charge in [0.15, 0.2) is 6.61 Å². The maximum atomic E-state index is 12.4. The van der Waals surface area contributed by atoms with Gasteiger partial charge in [0.05, 0.1) is 31.4 Å². The van der Waals surface area contributed by atoms with Crippen LogP contribution in [0.15, 0.2) is 47.6 Å². The average molecular weight is 503 g/mol. The number of nitrogens with one attached hydrogen (secondary N) is 1. The maximum Gasteiger partial charge on any atom is 0.260 e. The van der Waals surface area contributed by atoms with E-state index in [9.17, 15) is 18.0 Å². The molecule has 10 nitrogen and oxygen atoms in total. The lowest BCUT2D eigenvalue weighted by atomic mass is 10.1. The van der Waals surface area contributed by atoms with Gasteiger partial charge in [-0.2, -0.15) is 5.10 Å². The second-order valence-corrected chi connectivity index (χ2v) is 10.1. The van der Waals surface area contributed by atoms with Crippen LogP contribution in [0.25, 0.3) is 0 Å². The average Bonchev–Trinajstić information content (AvgIpc) is 2.82. The molecule has 2 aromatic rings. The predicted molar refractivity (Wildman–Crippen MR) is 133 cm³/mol. The molecule has 11 heteroatoms. The third kappa shape index (κ3) is 7.79. The summed E-state index contributed by atoms with van der Waals surface area (Å²) in [4.78, 5) is 26.2. The van der Waals surface area contributed by atoms with Gasteiger partial charge in [-0.25, -0.2) is 13.8 Å². The molecule has 1 aliphatic rings. The zero-order valence-corrected chi connectivity index (χ0v) is 20.9. The van der Waals surface area contributed by atoms with Crippen LogP contribution in [0.1, 0.15) is 16.7 Å². The molecule has 188 valence electrons. The number of carbonyl (C=O) groups is 2. The van der Waals surface area contributed by atoms with Crippen LogP contribution in [0.3, 0.4) is 0 Å². The van der Waals surface area contributed by atoms with E-state index in [4.69, 9.17) is 9.47 Å². The standard InChI is InChI=1S/C24H30N4O6S/c1-18-4-9-22(19(2)14-18)28(35(3,31)32)16-23(29)26-25-15-20-5-7-21(8-6-20)34-17-24(30)27-10-12-33-13-11-27/h4-9,14-15H,10-13,16-17H2,1-3H3,(H,26,29)/b25-15-. The van der Waals surface area contributed by atoms with Crippen molar-refractivity contribution < 1.29 is 27.5 Å². The van der Waals surface area contributed by atoms with Crippen molar-refractivity contribution in [3.05, 3.63) is 59.2 Å². The molecule has 1 N–H and O–H groups in total. The minimum Gasteiger partial charge on any atom is -0.484 e. The lowest BCUT2D eigenvalue weighted by Crippen LogP contribution is -2.42. The number of morpholine rings is 1. The number of anilines is 1. The highest BCUT2D eigenvalue weighted by Crippen LogP contribution is 2.23. The molecular formula is C24H30N4O6S. The second-order valence-electron chi connectivity index (χ2n) is 8.20. The largest absolute Gasteiger partial charge is 0.484 e. The molecule has 35 heavy (non-hydrogen) atoms. The van der Waals surface area contributed by atoms with Crippen molar-refractivity contribution in [2.45, 2.75) is 13.8 Å². The van der Waals surface area contributed by atoms with Crippen LogP contribution in [0.2, 0.25) is 0 Å². The highest BCUT2D eigenvalue weighted by Gasteiger charge is 2.22. The Morgan fingerprint density at radius 3 is 2.46 bits per heavy atom. The first-order valence-electron chi connectivity index (χ1n) is 11.1. The number of ether oxygens (including phenoxy) is 2. The molecule has 1 aliphatic heterocycles. The summed E-state index contributed by atoms with van der Waals surface area (Å²) >= 11 is 0. The molecule has 1 saturated heterocycles. The van der Waals surface area contributed by atoms with E-state index in [1.54, 1.807) is 48.2 Å². The summed E-state index contributed by atoms with van der Waals surface area (Å²) in [5.74, 6) is -0.135. The van der Waals surface area contributed by atoms with Crippen molar-refractivity contribution in [2.24, 2.45) is 5.10 Å². The Balaban J connectivity index is 1.52. The lowest BCUT2D eigenvalue weighted by Gasteiger charge is -2.26. The van der Waals surface area contributed by atoms with Crippen LogP contribution >= 0.6 is 0 Å². The van der Waals surface area contributed by atoms with Gasteiger partial charge in [-0.1, -0.05) is 17.7 Å². The van der Waals surface area contributed by atoms with Crippen LogP contribution in [0.4, 0.5) is 5.69 Å². The summed E-state index contributed by atoms with van der Waals surface area (Å²) in [5.41, 5.74) is 5.23. The van der Waals surface area contributed by atoms with Crippen molar-refractivity contribution in [1.29, 1.82) is 0 Å². The normalized spacial score (nSPS) is 14.1. The van der Waals surface area contributed by atoms with Crippen molar-refractivity contribution in [2.75, 3.05) is 50.0 Å². The minimum atomic E-state index is -3.68. The number of amides is 2. The fraction of sp³-hybridized carbons (Fsp3) is 0.375. The van der Waals surface area contributed by atoms with Gasteiger partial charge in [0.1, 0.15) is 12.3 Å². The molecular weight excluding hydrogens is 472 g/mol. The molecule has 0 aromatic heterocycles. The first-order valence-corrected chi connectivity index (χ1v) is 12.9. The summed E-state index contributed by atoms with van der Waals surface area (Å²) < 4.78 is 36.4. The first-order chi connectivity index (χ1) is 16.6.